The number of allylic oxidation sites excluding steroid dienone is 7. The number of unbranched alkanes of at least 4 members (excludes halogenated alkanes) is 2. The zero-order chi connectivity index (χ0) is 67.6. The van der Waals surface area contributed by atoms with Gasteiger partial charge in [-0.2, -0.15) is 22.6 Å². The monoisotopic (exact) mass is 1330 g/mol. The Morgan fingerprint density at radius 2 is 1.36 bits per heavy atom. The smallest absolute Gasteiger partial charge is 0.425 e. The third-order valence-corrected chi connectivity index (χ3v) is 16.2. The van der Waals surface area contributed by atoms with Crippen molar-refractivity contribution >= 4 is 94.4 Å². The number of carbonyl (C=O) groups excluding carboxylic acids is 4. The number of rotatable bonds is 29. The van der Waals surface area contributed by atoms with Crippen molar-refractivity contribution < 1.29 is 109 Å². The minimum Gasteiger partial charge on any atom is -0.748 e. The molecule has 0 spiro atoms. The predicted octanol–water partition coefficient (Wildman–Crippen LogP) is 5.75. The van der Waals surface area contributed by atoms with Gasteiger partial charge in [0.05, 0.1) is 27.2 Å². The van der Waals surface area contributed by atoms with Gasteiger partial charge >= 0.3 is 51.3 Å². The highest BCUT2D eigenvalue weighted by Crippen LogP contribution is 2.48. The number of para-hydroxylation sites is 2. The molecule has 0 aromatic heterocycles. The fourth-order valence-electron chi connectivity index (χ4n) is 10.5. The fraction of sp³-hybridized carbons (Fsp3) is 0.441. The van der Waals surface area contributed by atoms with Crippen molar-refractivity contribution in [3.05, 3.63) is 136 Å². The number of hydrogen-bond donors (Lipinski definition) is 6. The number of fused-ring (bicyclic) bond motifs is 2. The summed E-state index contributed by atoms with van der Waals surface area (Å²) in [6.07, 6.45) is 11.0. The first-order valence-electron chi connectivity index (χ1n) is 28.0. The Morgan fingerprint density at radius 3 is 1.94 bits per heavy atom. The molecule has 490 valence electrons. The molecule has 3 aromatic rings. The van der Waals surface area contributed by atoms with Gasteiger partial charge in [0.2, 0.25) is 5.69 Å². The van der Waals surface area contributed by atoms with Gasteiger partial charge in [0, 0.05) is 79.0 Å². The number of carboxylic acid groups (broad SMARTS) is 3. The quantitative estimate of drug-likeness (QED) is 0.0274. The van der Waals surface area contributed by atoms with E-state index < -0.39 is 106 Å². The van der Waals surface area contributed by atoms with E-state index in [1.165, 1.54) is 0 Å². The largest absolute Gasteiger partial charge is 0.748 e. The van der Waals surface area contributed by atoms with Crippen LogP contribution in [0.3, 0.4) is 0 Å². The summed E-state index contributed by atoms with van der Waals surface area (Å²) in [5.74, 6) is -5.05. The average molecular weight is 1330 g/mol. The van der Waals surface area contributed by atoms with Gasteiger partial charge < -0.3 is 40.1 Å². The number of nitrogens with one attached hydrogen (secondary N) is 2. The number of anilines is 1. The SMILES string of the molecule is CC1(C)C(=CC=C2CCCC(C=CC3=[N+](CCCCS(=O)(=O)O)c4ccccc4C3(C)C)=C2Oc2ccc(C[C@H](CC(=O)CC[C@H](NC(=O)NCCCC(=O)O)C(=O)O)C(=O)O)cc2)N(CCCCS(=O)(=O)[O-])c2ccccc21.O=C=O.O=S(=O)=O.O=S(=O)=O. The molecule has 2 heterocycles. The maximum absolute atomic E-state index is 13.1. The number of nitrogens with zero attached hydrogens (tertiary/aromatic N) is 2. The van der Waals surface area contributed by atoms with Crippen LogP contribution in [0.1, 0.15) is 121 Å². The van der Waals surface area contributed by atoms with E-state index in [0.717, 1.165) is 51.5 Å². The molecular formula is C59H72N4O23S4. The molecule has 31 heteroatoms. The van der Waals surface area contributed by atoms with E-state index in [0.29, 0.717) is 55.8 Å². The Balaban J connectivity index is 0.00000178. The van der Waals surface area contributed by atoms with E-state index in [-0.39, 0.29) is 63.4 Å². The Hall–Kier alpha value is -8.32. The number of benzene rings is 3. The number of amides is 2. The lowest BCUT2D eigenvalue weighted by Gasteiger charge is -2.28. The van der Waals surface area contributed by atoms with E-state index in [2.05, 4.69) is 84.2 Å². The van der Waals surface area contributed by atoms with Crippen LogP contribution in [0.15, 0.2) is 120 Å². The van der Waals surface area contributed by atoms with Gasteiger partial charge in [-0.1, -0.05) is 68.5 Å². The van der Waals surface area contributed by atoms with Crippen molar-refractivity contribution in [3.63, 3.8) is 0 Å². The molecule has 0 fully saturated rings. The molecule has 2 aliphatic heterocycles. The molecule has 0 radical (unpaired) electrons. The highest BCUT2D eigenvalue weighted by molar-refractivity contribution is 7.85. The molecule has 0 saturated carbocycles. The van der Waals surface area contributed by atoms with Crippen LogP contribution in [0.4, 0.5) is 16.2 Å². The maximum Gasteiger partial charge on any atom is 0.425 e. The van der Waals surface area contributed by atoms with E-state index in [1.807, 2.05) is 36.4 Å². The van der Waals surface area contributed by atoms with Crippen LogP contribution in [0.5, 0.6) is 5.75 Å². The van der Waals surface area contributed by atoms with E-state index in [4.69, 9.17) is 44.7 Å². The fourth-order valence-corrected chi connectivity index (χ4v) is 11.6. The standard InChI is InChI=1S/C58H72N4O15S2.CO2.2O3S/c1-57(2)45-17-5-7-19-48(45)61(33-9-11-35-78(71,72)73)50(57)30-24-40-15-13-16-41(25-31-51-58(3,4)46-18-6-8-20-49(46)62(51)34-10-12-36-79(74,75)76)53(40)77-44-27-22-39(23-28-44)37-42(54(66)67)38-43(63)26-29-47(55(68)69)60-56(70)59-32-14-21-52(64)65;2-1-3;2*1-4(2)3/h5-8,17-20,22-25,27-28,30-31,42,47H,9-16,21,26,29,32-38H2,1-4H3,(H6-,59,60,64,65,66,67,68,69,70,71,72,73,74,75,76);;;/t42-,47+;;;/m1.../s1. The number of aliphatic carboxylic acids is 3. The van der Waals surface area contributed by atoms with Crippen LogP contribution in [0, 0.1) is 5.92 Å². The second-order valence-corrected chi connectivity index (χ2v) is 25.7. The molecule has 2 amide bonds. The first kappa shape index (κ1) is 75.9. The van der Waals surface area contributed by atoms with Gasteiger partial charge in [-0.25, -0.2) is 18.0 Å². The number of ether oxygens (including phenoxy) is 1. The Bertz CT molecular complexity index is 3720. The van der Waals surface area contributed by atoms with Gasteiger partial charge in [0.15, 0.2) is 5.71 Å². The van der Waals surface area contributed by atoms with Crippen molar-refractivity contribution in [2.75, 3.05) is 36.0 Å². The van der Waals surface area contributed by atoms with E-state index >= 15 is 0 Å². The number of urea groups is 1. The molecular weight excluding hydrogens is 1260 g/mol. The van der Waals surface area contributed by atoms with Crippen LogP contribution in [0.2, 0.25) is 0 Å². The highest BCUT2D eigenvalue weighted by Gasteiger charge is 2.44. The van der Waals surface area contributed by atoms with Crippen molar-refractivity contribution in [1.82, 2.24) is 10.6 Å². The minimum atomic E-state index is -4.37. The predicted molar refractivity (Wildman–Crippen MR) is 322 cm³/mol. The zero-order valence-corrected chi connectivity index (χ0v) is 53.0. The third-order valence-electron chi connectivity index (χ3n) is 14.6. The summed E-state index contributed by atoms with van der Waals surface area (Å²) in [4.78, 5) is 78.9. The Kier molecular flexibility index (Phi) is 30.2. The summed E-state index contributed by atoms with van der Waals surface area (Å²) < 4.78 is 127. The first-order chi connectivity index (χ1) is 42.1. The summed E-state index contributed by atoms with van der Waals surface area (Å²) in [6, 6.07) is 20.7. The van der Waals surface area contributed by atoms with Gasteiger partial charge in [0.25, 0.3) is 10.1 Å². The van der Waals surface area contributed by atoms with Crippen LogP contribution >= 0.6 is 0 Å². The van der Waals surface area contributed by atoms with Gasteiger partial charge in [-0.05, 0) is 124 Å². The Morgan fingerprint density at radius 1 is 0.756 bits per heavy atom. The van der Waals surface area contributed by atoms with Crippen LogP contribution in [-0.4, -0.2) is 150 Å². The van der Waals surface area contributed by atoms with Gasteiger partial charge in [0.1, 0.15) is 29.9 Å². The van der Waals surface area contributed by atoms with E-state index in [9.17, 15) is 60.1 Å². The molecule has 0 saturated heterocycles. The van der Waals surface area contributed by atoms with Crippen molar-refractivity contribution in [1.29, 1.82) is 0 Å². The van der Waals surface area contributed by atoms with Crippen LogP contribution < -0.4 is 20.3 Å². The lowest BCUT2D eigenvalue weighted by atomic mass is 9.81. The number of ketones is 1. The number of carbonyl (C=O) groups is 5. The second-order valence-electron chi connectivity index (χ2n) is 21.8. The summed E-state index contributed by atoms with van der Waals surface area (Å²) in [5.41, 5.74) is 7.65. The van der Waals surface area contributed by atoms with Gasteiger partial charge in [-0.3, -0.25) is 18.9 Å². The topological polar surface area (TPSA) is 434 Å². The third kappa shape index (κ3) is 25.3. The molecule has 3 aliphatic rings. The normalized spacial score (nSPS) is 16.1. The average Bonchev–Trinajstić information content (AvgIpc) is 1.65. The summed E-state index contributed by atoms with van der Waals surface area (Å²) in [7, 11) is -14.7. The minimum absolute atomic E-state index is 0.00721. The zero-order valence-electron chi connectivity index (χ0n) is 49.7. The molecule has 3 aromatic carbocycles. The molecule has 6 rings (SSSR count). The number of carboxylic acids is 3. The van der Waals surface area contributed by atoms with Crippen LogP contribution in [0.25, 0.3) is 0 Å². The molecule has 1 aliphatic carbocycles. The Labute approximate surface area is 523 Å². The molecule has 90 heavy (non-hydrogen) atoms. The highest BCUT2D eigenvalue weighted by atomic mass is 32.2. The van der Waals surface area contributed by atoms with E-state index in [1.54, 1.807) is 24.3 Å². The lowest BCUT2D eigenvalue weighted by Crippen LogP contribution is -2.46. The lowest BCUT2D eigenvalue weighted by molar-refractivity contribution is -0.438. The summed E-state index contributed by atoms with van der Waals surface area (Å²) >= 11 is 0. The summed E-state index contributed by atoms with van der Waals surface area (Å²) in [5, 5.41) is 33.3. The molecule has 0 bridgehead atoms. The number of Topliss-reactive ketones (excluding diaryl/α,β-unsaturated/α-hetero) is 1. The van der Waals surface area contributed by atoms with Gasteiger partial charge in [-0.15, -0.1) is 25.3 Å². The number of hydrogen-bond acceptors (Lipinski definition) is 20. The summed E-state index contributed by atoms with van der Waals surface area (Å²) in [6.45, 7) is 9.52. The first-order valence-corrected chi connectivity index (χ1v) is 33.2. The molecule has 6 N–H and O–H groups in total. The maximum atomic E-state index is 13.1. The molecule has 27 nitrogen and oxygen atoms in total. The van der Waals surface area contributed by atoms with Crippen molar-refractivity contribution in [2.45, 2.75) is 128 Å². The van der Waals surface area contributed by atoms with Crippen molar-refractivity contribution in [3.8, 4) is 5.75 Å². The molecule has 2 atom stereocenters. The van der Waals surface area contributed by atoms with Crippen LogP contribution in [-0.2, 0) is 87.5 Å². The molecule has 0 unspecified atom stereocenters. The second kappa shape index (κ2) is 35.8. The van der Waals surface area contributed by atoms with Crippen molar-refractivity contribution in [2.24, 2.45) is 5.92 Å².